The Balaban J connectivity index is 2.09. The number of carbonyl (C=O) groups excluding carboxylic acids is 1. The third-order valence-corrected chi connectivity index (χ3v) is 2.98. The molecule has 2 aromatic rings. The number of nitro groups is 1. The minimum absolute atomic E-state index is 0.0295. The number of amides is 1. The number of hydrogen-bond donors (Lipinski definition) is 1. The molecule has 0 aliphatic carbocycles. The third-order valence-electron chi connectivity index (χ3n) is 2.68. The summed E-state index contributed by atoms with van der Waals surface area (Å²) in [5, 5.41) is 17.3. The van der Waals surface area contributed by atoms with Gasteiger partial charge in [-0.25, -0.2) is 4.98 Å². The lowest BCUT2D eigenvalue weighted by Gasteiger charge is -2.14. The second-order valence-corrected chi connectivity index (χ2v) is 4.75. The van der Waals surface area contributed by atoms with E-state index < -0.39 is 10.8 Å². The zero-order chi connectivity index (χ0) is 15.4. The van der Waals surface area contributed by atoms with Crippen LogP contribution in [0.4, 0.5) is 5.69 Å². The van der Waals surface area contributed by atoms with Gasteiger partial charge in [-0.3, -0.25) is 19.6 Å². The van der Waals surface area contributed by atoms with Gasteiger partial charge in [0.2, 0.25) is 0 Å². The molecule has 0 aliphatic rings. The van der Waals surface area contributed by atoms with Crippen LogP contribution in [-0.4, -0.2) is 31.6 Å². The van der Waals surface area contributed by atoms with E-state index >= 15 is 0 Å². The summed E-state index contributed by atoms with van der Waals surface area (Å²) in [6.07, 6.45) is 4.41. The molecule has 0 radical (unpaired) electrons. The van der Waals surface area contributed by atoms with Gasteiger partial charge in [-0.1, -0.05) is 11.6 Å². The average molecular weight is 310 g/mol. The normalized spacial score (nSPS) is 11.9. The standard InChI is InChI=1S/C12H12ClN5O3/c1-8(7-17-4-2-3-15-17)16-12(19)10-5-9(18(20)21)6-14-11(10)13/h2-6,8H,7H2,1H3,(H,16,19). The highest BCUT2D eigenvalue weighted by molar-refractivity contribution is 6.32. The SMILES string of the molecule is CC(Cn1cccn1)NC(=O)c1cc([N+](=O)[O-])cnc1Cl. The smallest absolute Gasteiger partial charge is 0.288 e. The molecule has 0 saturated heterocycles. The zero-order valence-corrected chi connectivity index (χ0v) is 11.8. The molecule has 1 unspecified atom stereocenters. The molecule has 8 nitrogen and oxygen atoms in total. The Labute approximate surface area is 124 Å². The first-order chi connectivity index (χ1) is 9.97. The van der Waals surface area contributed by atoms with Gasteiger partial charge in [0.15, 0.2) is 0 Å². The van der Waals surface area contributed by atoms with Gasteiger partial charge in [0.05, 0.1) is 17.0 Å². The zero-order valence-electron chi connectivity index (χ0n) is 11.1. The fourth-order valence-electron chi connectivity index (χ4n) is 1.73. The van der Waals surface area contributed by atoms with E-state index in [1.165, 1.54) is 0 Å². The van der Waals surface area contributed by atoms with Crippen molar-refractivity contribution in [1.82, 2.24) is 20.1 Å². The number of halogens is 1. The van der Waals surface area contributed by atoms with Gasteiger partial charge in [0.1, 0.15) is 11.3 Å². The van der Waals surface area contributed by atoms with Crippen LogP contribution >= 0.6 is 11.6 Å². The van der Waals surface area contributed by atoms with Crippen LogP contribution in [0, 0.1) is 10.1 Å². The molecular formula is C12H12ClN5O3. The average Bonchev–Trinajstić information content (AvgIpc) is 2.91. The monoisotopic (exact) mass is 309 g/mol. The van der Waals surface area contributed by atoms with Crippen molar-refractivity contribution >= 4 is 23.2 Å². The van der Waals surface area contributed by atoms with Crippen molar-refractivity contribution in [3.05, 3.63) is 51.6 Å². The summed E-state index contributed by atoms with van der Waals surface area (Å²) >= 11 is 5.81. The maximum absolute atomic E-state index is 12.1. The lowest BCUT2D eigenvalue weighted by atomic mass is 10.2. The van der Waals surface area contributed by atoms with E-state index in [9.17, 15) is 14.9 Å². The molecule has 1 atom stereocenters. The van der Waals surface area contributed by atoms with Crippen LogP contribution in [0.5, 0.6) is 0 Å². The van der Waals surface area contributed by atoms with Gasteiger partial charge < -0.3 is 5.32 Å². The lowest BCUT2D eigenvalue weighted by Crippen LogP contribution is -2.36. The molecule has 1 amide bonds. The van der Waals surface area contributed by atoms with Crippen molar-refractivity contribution in [2.45, 2.75) is 19.5 Å². The largest absolute Gasteiger partial charge is 0.348 e. The summed E-state index contributed by atoms with van der Waals surface area (Å²) in [6, 6.07) is 2.65. The Morgan fingerprint density at radius 2 is 2.38 bits per heavy atom. The Hall–Kier alpha value is -2.48. The predicted octanol–water partition coefficient (Wildman–Crippen LogP) is 1.66. The Morgan fingerprint density at radius 1 is 1.62 bits per heavy atom. The van der Waals surface area contributed by atoms with E-state index in [1.54, 1.807) is 30.1 Å². The van der Waals surface area contributed by atoms with E-state index in [-0.39, 0.29) is 22.4 Å². The molecule has 2 rings (SSSR count). The van der Waals surface area contributed by atoms with Crippen molar-refractivity contribution in [1.29, 1.82) is 0 Å². The number of rotatable bonds is 5. The summed E-state index contributed by atoms with van der Waals surface area (Å²) < 4.78 is 1.66. The van der Waals surface area contributed by atoms with Gasteiger partial charge in [0, 0.05) is 24.5 Å². The number of carbonyl (C=O) groups is 1. The molecule has 9 heteroatoms. The highest BCUT2D eigenvalue weighted by Gasteiger charge is 2.18. The lowest BCUT2D eigenvalue weighted by molar-refractivity contribution is -0.385. The van der Waals surface area contributed by atoms with E-state index in [0.29, 0.717) is 6.54 Å². The summed E-state index contributed by atoms with van der Waals surface area (Å²) in [5.41, 5.74) is -0.317. The van der Waals surface area contributed by atoms with Crippen LogP contribution in [0.25, 0.3) is 0 Å². The second-order valence-electron chi connectivity index (χ2n) is 4.39. The molecule has 2 aromatic heterocycles. The number of nitrogens with one attached hydrogen (secondary N) is 1. The maximum atomic E-state index is 12.1. The Kier molecular flexibility index (Phi) is 4.49. The molecule has 0 spiro atoms. The van der Waals surface area contributed by atoms with Gasteiger partial charge in [-0.05, 0) is 13.0 Å². The van der Waals surface area contributed by atoms with E-state index in [4.69, 9.17) is 11.6 Å². The molecule has 2 heterocycles. The highest BCUT2D eigenvalue weighted by atomic mass is 35.5. The first-order valence-corrected chi connectivity index (χ1v) is 6.43. The number of aromatic nitrogens is 3. The van der Waals surface area contributed by atoms with Crippen LogP contribution in [0.1, 0.15) is 17.3 Å². The fourth-order valence-corrected chi connectivity index (χ4v) is 1.92. The minimum Gasteiger partial charge on any atom is -0.348 e. The molecule has 0 saturated carbocycles. The van der Waals surface area contributed by atoms with Crippen LogP contribution in [-0.2, 0) is 6.54 Å². The van der Waals surface area contributed by atoms with E-state index in [2.05, 4.69) is 15.4 Å². The van der Waals surface area contributed by atoms with Crippen LogP contribution < -0.4 is 5.32 Å². The quantitative estimate of drug-likeness (QED) is 0.514. The van der Waals surface area contributed by atoms with E-state index in [1.807, 2.05) is 0 Å². The van der Waals surface area contributed by atoms with Crippen LogP contribution in [0.2, 0.25) is 5.15 Å². The summed E-state index contributed by atoms with van der Waals surface area (Å²) in [6.45, 7) is 2.26. The maximum Gasteiger partial charge on any atom is 0.288 e. The van der Waals surface area contributed by atoms with E-state index in [0.717, 1.165) is 12.3 Å². The van der Waals surface area contributed by atoms with Gasteiger partial charge in [-0.15, -0.1) is 0 Å². The molecule has 1 N–H and O–H groups in total. The molecule has 0 aliphatic heterocycles. The van der Waals surface area contributed by atoms with Gasteiger partial charge in [0.25, 0.3) is 11.6 Å². The molecular weight excluding hydrogens is 298 g/mol. The number of pyridine rings is 1. The molecule has 0 bridgehead atoms. The Morgan fingerprint density at radius 3 is 3.00 bits per heavy atom. The van der Waals surface area contributed by atoms with Crippen LogP contribution in [0.15, 0.2) is 30.7 Å². The summed E-state index contributed by atoms with van der Waals surface area (Å²) in [5.74, 6) is -0.518. The minimum atomic E-state index is -0.632. The fraction of sp³-hybridized carbons (Fsp3) is 0.250. The second kappa shape index (κ2) is 6.31. The van der Waals surface area contributed by atoms with Crippen molar-refractivity contribution in [3.8, 4) is 0 Å². The third kappa shape index (κ3) is 3.76. The Bertz CT molecular complexity index is 659. The number of nitrogens with zero attached hydrogens (tertiary/aromatic N) is 4. The van der Waals surface area contributed by atoms with Crippen molar-refractivity contribution in [2.24, 2.45) is 0 Å². The van der Waals surface area contributed by atoms with Crippen LogP contribution in [0.3, 0.4) is 0 Å². The first-order valence-electron chi connectivity index (χ1n) is 6.05. The molecule has 0 fully saturated rings. The predicted molar refractivity (Wildman–Crippen MR) is 75.1 cm³/mol. The summed E-state index contributed by atoms with van der Waals surface area (Å²) in [7, 11) is 0. The molecule has 21 heavy (non-hydrogen) atoms. The van der Waals surface area contributed by atoms with Gasteiger partial charge >= 0.3 is 0 Å². The topological polar surface area (TPSA) is 103 Å². The van der Waals surface area contributed by atoms with Crippen molar-refractivity contribution in [3.63, 3.8) is 0 Å². The molecule has 110 valence electrons. The van der Waals surface area contributed by atoms with Crippen molar-refractivity contribution in [2.75, 3.05) is 0 Å². The number of hydrogen-bond acceptors (Lipinski definition) is 5. The highest BCUT2D eigenvalue weighted by Crippen LogP contribution is 2.19. The van der Waals surface area contributed by atoms with Gasteiger partial charge in [-0.2, -0.15) is 5.10 Å². The molecule has 0 aromatic carbocycles. The van der Waals surface area contributed by atoms with Crippen molar-refractivity contribution < 1.29 is 9.72 Å². The first kappa shape index (κ1) is 14.9. The summed E-state index contributed by atoms with van der Waals surface area (Å²) in [4.78, 5) is 25.8.